The summed E-state index contributed by atoms with van der Waals surface area (Å²) in [6.07, 6.45) is 4.73. The maximum Gasteiger partial charge on any atom is 0.258 e. The van der Waals surface area contributed by atoms with Crippen LogP contribution in [0.1, 0.15) is 41.9 Å². The Kier molecular flexibility index (Phi) is 3.55. The third-order valence-electron chi connectivity index (χ3n) is 3.88. The van der Waals surface area contributed by atoms with Crippen molar-refractivity contribution < 1.29 is 4.79 Å². The van der Waals surface area contributed by atoms with Crippen molar-refractivity contribution in [3.05, 3.63) is 30.1 Å². The van der Waals surface area contributed by atoms with E-state index in [1.807, 2.05) is 0 Å². The van der Waals surface area contributed by atoms with Crippen LogP contribution < -0.4 is 5.73 Å². The Labute approximate surface area is 128 Å². The zero-order valence-electron chi connectivity index (χ0n) is 12.4. The van der Waals surface area contributed by atoms with Crippen LogP contribution in [0.3, 0.4) is 0 Å². The van der Waals surface area contributed by atoms with Crippen molar-refractivity contribution >= 4 is 22.6 Å². The summed E-state index contributed by atoms with van der Waals surface area (Å²) >= 11 is 0. The number of anilines is 1. The fourth-order valence-electron chi connectivity index (χ4n) is 2.88. The standard InChI is InChI=1S/C16H17N5O/c1-3-5-6-7-11-14-12(16(22)21(11)8-4-2)13(17)10-9-18-20-15(10)19-14/h4,9,11H,2,6-8H2,1H3,(H3,17,18,19,20). The van der Waals surface area contributed by atoms with Gasteiger partial charge in [-0.3, -0.25) is 9.89 Å². The normalized spacial score (nSPS) is 16.5. The van der Waals surface area contributed by atoms with Crippen LogP contribution in [0, 0.1) is 11.8 Å². The van der Waals surface area contributed by atoms with E-state index in [2.05, 4.69) is 33.6 Å². The number of H-pyrrole nitrogens is 1. The van der Waals surface area contributed by atoms with Gasteiger partial charge in [0.05, 0.1) is 34.6 Å². The molecule has 3 N–H and O–H groups in total. The second-order valence-electron chi connectivity index (χ2n) is 5.15. The fourth-order valence-corrected chi connectivity index (χ4v) is 2.88. The summed E-state index contributed by atoms with van der Waals surface area (Å²) in [5.74, 6) is 5.81. The quantitative estimate of drug-likeness (QED) is 0.667. The zero-order chi connectivity index (χ0) is 15.7. The van der Waals surface area contributed by atoms with Crippen LogP contribution in [0.4, 0.5) is 5.69 Å². The molecule has 0 saturated carbocycles. The first-order valence-electron chi connectivity index (χ1n) is 7.13. The van der Waals surface area contributed by atoms with Crippen LogP contribution in [0.5, 0.6) is 0 Å². The Morgan fingerprint density at radius 3 is 3.14 bits per heavy atom. The molecule has 0 bridgehead atoms. The van der Waals surface area contributed by atoms with E-state index in [1.54, 1.807) is 24.1 Å². The highest BCUT2D eigenvalue weighted by Gasteiger charge is 2.39. The van der Waals surface area contributed by atoms with Crippen LogP contribution in [0.15, 0.2) is 18.9 Å². The second-order valence-corrected chi connectivity index (χ2v) is 5.15. The van der Waals surface area contributed by atoms with E-state index in [0.29, 0.717) is 40.9 Å². The van der Waals surface area contributed by atoms with Crippen molar-refractivity contribution in [2.24, 2.45) is 0 Å². The number of aromatic amines is 1. The number of nitrogen functional groups attached to an aromatic ring is 1. The molecule has 6 heteroatoms. The number of amides is 1. The lowest BCUT2D eigenvalue weighted by atomic mass is 10.0. The molecule has 0 aromatic carbocycles. The molecule has 1 amide bonds. The van der Waals surface area contributed by atoms with Gasteiger partial charge in [-0.05, 0) is 13.3 Å². The zero-order valence-corrected chi connectivity index (χ0v) is 12.4. The summed E-state index contributed by atoms with van der Waals surface area (Å²) in [5.41, 5.74) is 8.43. The van der Waals surface area contributed by atoms with Gasteiger partial charge in [0.15, 0.2) is 5.65 Å². The summed E-state index contributed by atoms with van der Waals surface area (Å²) in [7, 11) is 0. The predicted molar refractivity (Wildman–Crippen MR) is 85.0 cm³/mol. The Morgan fingerprint density at radius 1 is 1.59 bits per heavy atom. The Bertz CT molecular complexity index is 811. The molecular formula is C16H17N5O. The summed E-state index contributed by atoms with van der Waals surface area (Å²) in [4.78, 5) is 19.0. The molecule has 3 rings (SSSR count). The monoisotopic (exact) mass is 295 g/mol. The number of aromatic nitrogens is 3. The minimum Gasteiger partial charge on any atom is -0.397 e. The number of carbonyl (C=O) groups is 1. The molecule has 22 heavy (non-hydrogen) atoms. The van der Waals surface area contributed by atoms with E-state index < -0.39 is 0 Å². The number of rotatable bonds is 4. The van der Waals surface area contributed by atoms with E-state index >= 15 is 0 Å². The van der Waals surface area contributed by atoms with Crippen LogP contribution in [-0.2, 0) is 0 Å². The summed E-state index contributed by atoms with van der Waals surface area (Å²) in [5, 5.41) is 7.45. The van der Waals surface area contributed by atoms with Gasteiger partial charge < -0.3 is 10.6 Å². The number of fused-ring (bicyclic) bond motifs is 2. The first kappa shape index (κ1) is 14.1. The molecule has 1 aliphatic rings. The van der Waals surface area contributed by atoms with Crippen LogP contribution in [0.2, 0.25) is 0 Å². The molecule has 0 radical (unpaired) electrons. The summed E-state index contributed by atoms with van der Waals surface area (Å²) < 4.78 is 0. The highest BCUT2D eigenvalue weighted by atomic mass is 16.2. The molecular weight excluding hydrogens is 278 g/mol. The van der Waals surface area contributed by atoms with Crippen molar-refractivity contribution in [2.45, 2.75) is 25.8 Å². The maximum atomic E-state index is 12.7. The number of hydrogen-bond acceptors (Lipinski definition) is 4. The lowest BCUT2D eigenvalue weighted by molar-refractivity contribution is 0.0742. The average Bonchev–Trinajstić information content (AvgIpc) is 3.06. The Morgan fingerprint density at radius 2 is 2.41 bits per heavy atom. The Hall–Kier alpha value is -2.81. The lowest BCUT2D eigenvalue weighted by Crippen LogP contribution is -2.28. The van der Waals surface area contributed by atoms with Gasteiger partial charge in [-0.1, -0.05) is 6.08 Å². The van der Waals surface area contributed by atoms with Crippen LogP contribution in [-0.4, -0.2) is 32.5 Å². The van der Waals surface area contributed by atoms with Gasteiger partial charge >= 0.3 is 0 Å². The molecule has 1 unspecified atom stereocenters. The van der Waals surface area contributed by atoms with Gasteiger partial charge in [0.1, 0.15) is 0 Å². The minimum absolute atomic E-state index is 0.0996. The highest BCUT2D eigenvalue weighted by molar-refractivity contribution is 6.09. The summed E-state index contributed by atoms with van der Waals surface area (Å²) in [6.45, 7) is 6.00. The predicted octanol–water partition coefficient (Wildman–Crippen LogP) is 2.03. The van der Waals surface area contributed by atoms with Gasteiger partial charge in [-0.2, -0.15) is 5.10 Å². The first-order valence-corrected chi connectivity index (χ1v) is 7.13. The molecule has 0 saturated heterocycles. The minimum atomic E-state index is -0.128. The largest absolute Gasteiger partial charge is 0.397 e. The van der Waals surface area contributed by atoms with Gasteiger partial charge in [0, 0.05) is 13.0 Å². The topological polar surface area (TPSA) is 87.9 Å². The second kappa shape index (κ2) is 5.53. The van der Waals surface area contributed by atoms with Gasteiger partial charge in [-0.15, -0.1) is 18.4 Å². The van der Waals surface area contributed by atoms with Gasteiger partial charge in [-0.25, -0.2) is 4.98 Å². The molecule has 6 nitrogen and oxygen atoms in total. The maximum absolute atomic E-state index is 12.7. The number of pyridine rings is 1. The van der Waals surface area contributed by atoms with Crippen molar-refractivity contribution in [1.29, 1.82) is 0 Å². The number of hydrogen-bond donors (Lipinski definition) is 2. The Balaban J connectivity index is 2.12. The van der Waals surface area contributed by atoms with E-state index in [-0.39, 0.29) is 11.9 Å². The molecule has 1 atom stereocenters. The van der Waals surface area contributed by atoms with Crippen molar-refractivity contribution in [1.82, 2.24) is 20.1 Å². The fraction of sp³-hybridized carbons (Fsp3) is 0.312. The van der Waals surface area contributed by atoms with Crippen LogP contribution >= 0.6 is 0 Å². The molecule has 0 fully saturated rings. The summed E-state index contributed by atoms with van der Waals surface area (Å²) in [6, 6.07) is -0.128. The first-order chi connectivity index (χ1) is 10.7. The number of nitrogens with one attached hydrogen (secondary N) is 1. The average molecular weight is 295 g/mol. The van der Waals surface area contributed by atoms with E-state index in [4.69, 9.17) is 5.73 Å². The lowest BCUT2D eigenvalue weighted by Gasteiger charge is -2.22. The van der Waals surface area contributed by atoms with Crippen LogP contribution in [0.25, 0.3) is 11.0 Å². The molecule has 2 aromatic heterocycles. The third kappa shape index (κ3) is 2.02. The third-order valence-corrected chi connectivity index (χ3v) is 3.88. The van der Waals surface area contributed by atoms with Gasteiger partial charge in [0.2, 0.25) is 0 Å². The highest BCUT2D eigenvalue weighted by Crippen LogP contribution is 2.40. The molecule has 0 aliphatic carbocycles. The van der Waals surface area contributed by atoms with E-state index in [1.165, 1.54) is 0 Å². The smallest absolute Gasteiger partial charge is 0.258 e. The molecule has 0 spiro atoms. The SMILES string of the molecule is C=CCN1C(=O)c2c(nc3[nH]ncc3c2N)C1CCC#CC. The molecule has 2 aromatic rings. The molecule has 1 aliphatic heterocycles. The van der Waals surface area contributed by atoms with E-state index in [9.17, 15) is 4.79 Å². The van der Waals surface area contributed by atoms with Crippen molar-refractivity contribution in [2.75, 3.05) is 12.3 Å². The number of nitrogens with zero attached hydrogens (tertiary/aromatic N) is 3. The van der Waals surface area contributed by atoms with E-state index in [0.717, 1.165) is 6.42 Å². The van der Waals surface area contributed by atoms with Crippen molar-refractivity contribution in [3.8, 4) is 11.8 Å². The number of carbonyl (C=O) groups excluding carboxylic acids is 1. The van der Waals surface area contributed by atoms with Gasteiger partial charge in [0.25, 0.3) is 5.91 Å². The molecule has 112 valence electrons. The van der Waals surface area contributed by atoms with Crippen molar-refractivity contribution in [3.63, 3.8) is 0 Å². The molecule has 3 heterocycles. The number of nitrogens with two attached hydrogens (primary N) is 1.